The summed E-state index contributed by atoms with van der Waals surface area (Å²) in [7, 11) is -2.41. The zero-order chi connectivity index (χ0) is 7.56. The second-order valence-corrected chi connectivity index (χ2v) is 3.13. The van der Waals surface area contributed by atoms with Crippen LogP contribution < -0.4 is 61.6 Å². The molecule has 0 fully saturated rings. The predicted octanol–water partition coefficient (Wildman–Crippen LogP) is -2.27. The van der Waals surface area contributed by atoms with E-state index < -0.39 is 8.03 Å². The first-order valence-corrected chi connectivity index (χ1v) is 4.09. The van der Waals surface area contributed by atoms with E-state index in [9.17, 15) is 9.46 Å². The molecule has 2 nitrogen and oxygen atoms in total. The topological polar surface area (TPSA) is 40.1 Å². The van der Waals surface area contributed by atoms with Crippen molar-refractivity contribution in [2.24, 2.45) is 0 Å². The van der Waals surface area contributed by atoms with Crippen molar-refractivity contribution in [3.05, 3.63) is 29.8 Å². The van der Waals surface area contributed by atoms with E-state index in [2.05, 4.69) is 0 Å². The Morgan fingerprint density at radius 1 is 1.45 bits per heavy atom. The van der Waals surface area contributed by atoms with Crippen LogP contribution in [0.25, 0.3) is 0 Å². The summed E-state index contributed by atoms with van der Waals surface area (Å²) >= 11 is 0. The molecule has 4 heteroatoms. The second-order valence-electron chi connectivity index (χ2n) is 2.10. The fourth-order valence-corrected chi connectivity index (χ4v) is 1.26. The van der Waals surface area contributed by atoms with Crippen molar-refractivity contribution in [1.82, 2.24) is 0 Å². The Morgan fingerprint density at radius 2 is 2.09 bits per heavy atom. The van der Waals surface area contributed by atoms with Crippen molar-refractivity contribution >= 4 is 13.3 Å². The van der Waals surface area contributed by atoms with Gasteiger partial charge in [-0.3, -0.25) is 0 Å². The molecular formula is C7H7KO2P+. The third-order valence-corrected chi connectivity index (χ3v) is 1.91. The van der Waals surface area contributed by atoms with Crippen molar-refractivity contribution in [3.8, 4) is 0 Å². The Hall–Kier alpha value is 0.916. The molecule has 0 N–H and O–H groups in total. The molecule has 1 atom stereocenters. The maximum absolute atomic E-state index is 10.4. The van der Waals surface area contributed by atoms with Gasteiger partial charge < -0.3 is 4.89 Å². The molecule has 0 bridgehead atoms. The van der Waals surface area contributed by atoms with Crippen molar-refractivity contribution in [2.75, 3.05) is 0 Å². The van der Waals surface area contributed by atoms with E-state index in [0.717, 1.165) is 5.56 Å². The third kappa shape index (κ3) is 3.90. The summed E-state index contributed by atoms with van der Waals surface area (Å²) in [5, 5.41) is 0.384. The van der Waals surface area contributed by atoms with Gasteiger partial charge in [0.25, 0.3) is 0 Å². The molecule has 52 valence electrons. The average molecular weight is 193 g/mol. The summed E-state index contributed by atoms with van der Waals surface area (Å²) in [5.74, 6) is 0. The molecule has 0 aliphatic heterocycles. The molecule has 0 saturated heterocycles. The molecule has 1 aromatic carbocycles. The van der Waals surface area contributed by atoms with Crippen LogP contribution in [0.4, 0.5) is 0 Å². The van der Waals surface area contributed by atoms with Crippen LogP contribution in [0.15, 0.2) is 24.3 Å². The summed E-state index contributed by atoms with van der Waals surface area (Å²) < 4.78 is 10.4. The minimum absolute atomic E-state index is 0. The van der Waals surface area contributed by atoms with Gasteiger partial charge in [-0.2, -0.15) is 0 Å². The first kappa shape index (κ1) is 11.9. The molecule has 1 rings (SSSR count). The van der Waals surface area contributed by atoms with Gasteiger partial charge in [-0.15, -0.1) is 0 Å². The first-order chi connectivity index (χ1) is 4.70. The van der Waals surface area contributed by atoms with E-state index in [-0.39, 0.29) is 51.4 Å². The van der Waals surface area contributed by atoms with Crippen LogP contribution in [0.3, 0.4) is 0 Å². The molecular weight excluding hydrogens is 186 g/mol. The van der Waals surface area contributed by atoms with Crippen LogP contribution in [0.2, 0.25) is 0 Å². The summed E-state index contributed by atoms with van der Waals surface area (Å²) in [5.41, 5.74) is 0.969. The Balaban J connectivity index is 0.000001000. The Morgan fingerprint density at radius 3 is 2.45 bits per heavy atom. The van der Waals surface area contributed by atoms with Crippen molar-refractivity contribution < 1.29 is 60.8 Å². The predicted molar refractivity (Wildman–Crippen MR) is 38.4 cm³/mol. The molecule has 0 aliphatic rings. The van der Waals surface area contributed by atoms with E-state index >= 15 is 0 Å². The van der Waals surface area contributed by atoms with Crippen molar-refractivity contribution in [3.63, 3.8) is 0 Å². The van der Waals surface area contributed by atoms with Gasteiger partial charge in [-0.05, 0) is 24.6 Å². The molecule has 0 saturated carbocycles. The van der Waals surface area contributed by atoms with Gasteiger partial charge >= 0.3 is 59.4 Å². The van der Waals surface area contributed by atoms with Gasteiger partial charge in [0, 0.05) is 0 Å². The molecule has 0 radical (unpaired) electrons. The van der Waals surface area contributed by atoms with E-state index in [1.54, 1.807) is 18.2 Å². The zero-order valence-electron chi connectivity index (χ0n) is 6.57. The third-order valence-electron chi connectivity index (χ3n) is 1.21. The monoisotopic (exact) mass is 193 g/mol. The van der Waals surface area contributed by atoms with Gasteiger partial charge in [-0.25, -0.2) is 0 Å². The largest absolute Gasteiger partial charge is 1.00 e. The Kier molecular flexibility index (Phi) is 6.00. The molecule has 0 aliphatic carbocycles. The average Bonchev–Trinajstić information content (AvgIpc) is 1.88. The van der Waals surface area contributed by atoms with Gasteiger partial charge in [0.2, 0.25) is 0 Å². The number of benzene rings is 1. The van der Waals surface area contributed by atoms with Crippen LogP contribution in [-0.4, -0.2) is 0 Å². The van der Waals surface area contributed by atoms with E-state index in [4.69, 9.17) is 0 Å². The standard InChI is InChI=1S/C7H7O2P.K/c1-6-3-2-4-7(5-6)10(8)9;/h2-5H,1H3;/q;+1. The Bertz CT molecular complexity index is 262. The molecule has 0 spiro atoms. The first-order valence-electron chi connectivity index (χ1n) is 2.91. The van der Waals surface area contributed by atoms with Crippen LogP contribution in [0.1, 0.15) is 5.56 Å². The van der Waals surface area contributed by atoms with Crippen LogP contribution in [0.5, 0.6) is 0 Å². The normalized spacial score (nSPS) is 10.2. The summed E-state index contributed by atoms with van der Waals surface area (Å²) in [6, 6.07) is 6.82. The van der Waals surface area contributed by atoms with E-state index in [0.29, 0.717) is 5.30 Å². The number of rotatable bonds is 1. The van der Waals surface area contributed by atoms with Gasteiger partial charge in [0.05, 0.1) is 0 Å². The molecule has 1 unspecified atom stereocenters. The molecule has 0 aromatic heterocycles. The molecule has 1 aromatic rings. The summed E-state index contributed by atoms with van der Waals surface area (Å²) in [6.45, 7) is 1.86. The van der Waals surface area contributed by atoms with E-state index in [1.165, 1.54) is 0 Å². The second kappa shape index (κ2) is 5.54. The fraction of sp³-hybridized carbons (Fsp3) is 0.143. The van der Waals surface area contributed by atoms with Crippen LogP contribution >= 0.6 is 8.03 Å². The number of aryl methyl sites for hydroxylation is 1. The summed E-state index contributed by atoms with van der Waals surface area (Å²) in [4.78, 5) is 10.4. The van der Waals surface area contributed by atoms with Gasteiger partial charge in [0.15, 0.2) is 5.30 Å². The van der Waals surface area contributed by atoms with Gasteiger partial charge in [0.1, 0.15) is 0 Å². The smallest absolute Gasteiger partial charge is 0.591 e. The quantitative estimate of drug-likeness (QED) is 0.372. The number of hydrogen-bond donors (Lipinski definition) is 0. The zero-order valence-corrected chi connectivity index (χ0v) is 10.6. The van der Waals surface area contributed by atoms with Crippen molar-refractivity contribution in [2.45, 2.75) is 6.92 Å². The Labute approximate surface area is 109 Å². The maximum atomic E-state index is 10.4. The van der Waals surface area contributed by atoms with Crippen LogP contribution in [-0.2, 0) is 4.57 Å². The molecule has 0 heterocycles. The SMILES string of the molecule is Cc1cccc([P+](=O)[O-])c1.[K+]. The van der Waals surface area contributed by atoms with Crippen LogP contribution in [0, 0.1) is 6.92 Å². The maximum Gasteiger partial charge on any atom is 1.00 e. The van der Waals surface area contributed by atoms with Gasteiger partial charge in [-0.1, -0.05) is 16.7 Å². The molecule has 0 amide bonds. The number of hydrogen-bond acceptors (Lipinski definition) is 2. The van der Waals surface area contributed by atoms with Crippen molar-refractivity contribution in [1.29, 1.82) is 0 Å². The fourth-order valence-electron chi connectivity index (χ4n) is 0.742. The minimum Gasteiger partial charge on any atom is -0.591 e. The van der Waals surface area contributed by atoms with E-state index in [1.807, 2.05) is 13.0 Å². The minimum atomic E-state index is -2.41. The summed E-state index contributed by atoms with van der Waals surface area (Å²) in [6.07, 6.45) is 0. The molecule has 11 heavy (non-hydrogen) atoms.